The van der Waals surface area contributed by atoms with Crippen molar-refractivity contribution in [1.29, 1.82) is 0 Å². The molecule has 0 bridgehead atoms. The fourth-order valence-electron chi connectivity index (χ4n) is 3.41. The van der Waals surface area contributed by atoms with E-state index in [1.807, 2.05) is 49.4 Å². The van der Waals surface area contributed by atoms with Crippen LogP contribution in [0.15, 0.2) is 62.5 Å². The first-order chi connectivity index (χ1) is 15.4. The first kappa shape index (κ1) is 26.7. The number of furan rings is 1. The zero-order chi connectivity index (χ0) is 24.4. The number of aliphatic hydroxyl groups excluding tert-OH is 1. The fraction of sp³-hybridized carbons (Fsp3) is 0.417. The van der Waals surface area contributed by atoms with Gasteiger partial charge in [-0.3, -0.25) is 0 Å². The van der Waals surface area contributed by atoms with E-state index < -0.39 is 17.6 Å². The van der Waals surface area contributed by atoms with Crippen molar-refractivity contribution in [2.75, 3.05) is 6.54 Å². The molecule has 2 atom stereocenters. The summed E-state index contributed by atoms with van der Waals surface area (Å²) >= 11 is 7.94. The highest BCUT2D eigenvalue weighted by Crippen LogP contribution is 2.38. The molecule has 1 heterocycles. The minimum Gasteiger partial charge on any atom is -0.449 e. The third-order valence-corrected chi connectivity index (χ3v) is 7.93. The van der Waals surface area contributed by atoms with Crippen molar-refractivity contribution in [3.63, 3.8) is 0 Å². The molecule has 180 valence electrons. The summed E-state index contributed by atoms with van der Waals surface area (Å²) in [6, 6.07) is 15.3. The van der Waals surface area contributed by atoms with E-state index in [1.165, 1.54) is 18.2 Å². The van der Waals surface area contributed by atoms with Gasteiger partial charge in [0, 0.05) is 27.7 Å². The Kier molecular flexibility index (Phi) is 8.72. The predicted molar refractivity (Wildman–Crippen MR) is 138 cm³/mol. The summed E-state index contributed by atoms with van der Waals surface area (Å²) in [4.78, 5) is 0.706. The van der Waals surface area contributed by atoms with Crippen LogP contribution in [0.4, 0.5) is 0 Å². The van der Waals surface area contributed by atoms with Gasteiger partial charge < -0.3 is 24.8 Å². The SMILES string of the molecule is CC(Cc1ccccc1)C(O)CN(Sc1ccc2oc(Br)c(CBr)c2c1)C(O)(O)C(C)(C)O. The van der Waals surface area contributed by atoms with Crippen LogP contribution in [0.3, 0.4) is 0 Å². The summed E-state index contributed by atoms with van der Waals surface area (Å²) < 4.78 is 7.57. The smallest absolute Gasteiger partial charge is 0.264 e. The van der Waals surface area contributed by atoms with Crippen molar-refractivity contribution >= 4 is 54.8 Å². The van der Waals surface area contributed by atoms with Crippen LogP contribution in [-0.4, -0.2) is 48.9 Å². The Morgan fingerprint density at radius 2 is 1.76 bits per heavy atom. The van der Waals surface area contributed by atoms with Crippen LogP contribution < -0.4 is 0 Å². The van der Waals surface area contributed by atoms with E-state index in [-0.39, 0.29) is 12.5 Å². The summed E-state index contributed by atoms with van der Waals surface area (Å²) in [6.07, 6.45) is -0.236. The van der Waals surface area contributed by atoms with Crippen LogP contribution in [0.25, 0.3) is 11.0 Å². The maximum absolute atomic E-state index is 10.9. The number of halogens is 2. The number of fused-ring (bicyclic) bond motifs is 1. The highest BCUT2D eigenvalue weighted by molar-refractivity contribution is 9.10. The molecule has 0 aliphatic heterocycles. The molecule has 6 nitrogen and oxygen atoms in total. The van der Waals surface area contributed by atoms with Crippen molar-refractivity contribution in [3.8, 4) is 0 Å². The first-order valence-electron chi connectivity index (χ1n) is 10.6. The molecule has 0 fully saturated rings. The Labute approximate surface area is 215 Å². The van der Waals surface area contributed by atoms with E-state index >= 15 is 0 Å². The molecule has 0 saturated heterocycles. The average molecular weight is 603 g/mol. The molecule has 33 heavy (non-hydrogen) atoms. The van der Waals surface area contributed by atoms with E-state index in [4.69, 9.17) is 4.42 Å². The summed E-state index contributed by atoms with van der Waals surface area (Å²) in [5.41, 5.74) is 0.859. The minimum absolute atomic E-state index is 0.0753. The Hall–Kier alpha value is -0.910. The van der Waals surface area contributed by atoms with Crippen molar-refractivity contribution in [1.82, 2.24) is 4.31 Å². The molecule has 0 radical (unpaired) electrons. The normalized spacial score (nSPS) is 14.7. The highest BCUT2D eigenvalue weighted by Gasteiger charge is 2.47. The lowest BCUT2D eigenvalue weighted by Crippen LogP contribution is -2.61. The molecule has 0 saturated carbocycles. The molecular formula is C24H29Br2NO5S. The molecule has 0 spiro atoms. The van der Waals surface area contributed by atoms with Gasteiger partial charge in [-0.25, -0.2) is 0 Å². The fourth-order valence-corrected chi connectivity index (χ4v) is 6.00. The molecule has 0 aliphatic carbocycles. The Bertz CT molecular complexity index is 1070. The van der Waals surface area contributed by atoms with Gasteiger partial charge in [0.05, 0.1) is 6.10 Å². The zero-order valence-electron chi connectivity index (χ0n) is 18.7. The van der Waals surface area contributed by atoms with Crippen LogP contribution in [0.2, 0.25) is 0 Å². The largest absolute Gasteiger partial charge is 0.449 e. The van der Waals surface area contributed by atoms with Crippen molar-refractivity contribution in [3.05, 3.63) is 64.3 Å². The molecule has 1 aromatic heterocycles. The van der Waals surface area contributed by atoms with Gasteiger partial charge in [0.1, 0.15) is 11.2 Å². The summed E-state index contributed by atoms with van der Waals surface area (Å²) in [5, 5.41) is 44.6. The van der Waals surface area contributed by atoms with Crippen LogP contribution >= 0.6 is 43.8 Å². The Balaban J connectivity index is 1.86. The standard InChI is InChI=1S/C24H29Br2NO5S/c1-15(11-16-7-5-4-6-8-16)20(28)14-27(24(30,31)23(2,3)29)33-17-9-10-21-18(12-17)19(13-25)22(26)32-21/h4-10,12,15,20,28-31H,11,13-14H2,1-3H3. The quantitative estimate of drug-likeness (QED) is 0.146. The van der Waals surface area contributed by atoms with Gasteiger partial charge in [-0.15, -0.1) is 0 Å². The second kappa shape index (κ2) is 10.8. The molecule has 0 aliphatic rings. The third kappa shape index (κ3) is 6.21. The van der Waals surface area contributed by atoms with E-state index in [2.05, 4.69) is 31.9 Å². The van der Waals surface area contributed by atoms with Crippen LogP contribution in [-0.2, 0) is 11.8 Å². The number of rotatable bonds is 10. The van der Waals surface area contributed by atoms with E-state index in [0.717, 1.165) is 28.5 Å². The number of hydrogen-bond acceptors (Lipinski definition) is 7. The van der Waals surface area contributed by atoms with Gasteiger partial charge in [0.2, 0.25) is 0 Å². The van der Waals surface area contributed by atoms with E-state index in [0.29, 0.717) is 26.9 Å². The maximum atomic E-state index is 10.9. The lowest BCUT2D eigenvalue weighted by molar-refractivity contribution is -0.318. The summed E-state index contributed by atoms with van der Waals surface area (Å²) in [5.74, 6) is -2.75. The van der Waals surface area contributed by atoms with Gasteiger partial charge in [-0.05, 0) is 77.8 Å². The minimum atomic E-state index is -2.60. The summed E-state index contributed by atoms with van der Waals surface area (Å²) in [6.45, 7) is 4.48. The van der Waals surface area contributed by atoms with E-state index in [9.17, 15) is 20.4 Å². The van der Waals surface area contributed by atoms with Crippen molar-refractivity contribution in [2.24, 2.45) is 5.92 Å². The van der Waals surface area contributed by atoms with Crippen LogP contribution in [0.5, 0.6) is 0 Å². The van der Waals surface area contributed by atoms with Crippen molar-refractivity contribution < 1.29 is 24.8 Å². The van der Waals surface area contributed by atoms with Gasteiger partial charge in [0.25, 0.3) is 5.91 Å². The Morgan fingerprint density at radius 1 is 1.09 bits per heavy atom. The molecule has 3 rings (SSSR count). The van der Waals surface area contributed by atoms with Crippen LogP contribution in [0, 0.1) is 5.92 Å². The lowest BCUT2D eigenvalue weighted by atomic mass is 9.95. The van der Waals surface area contributed by atoms with E-state index in [1.54, 1.807) is 6.07 Å². The van der Waals surface area contributed by atoms with Crippen molar-refractivity contribution in [2.45, 2.75) is 55.0 Å². The average Bonchev–Trinajstić information content (AvgIpc) is 3.07. The zero-order valence-corrected chi connectivity index (χ0v) is 22.7. The topological polar surface area (TPSA) is 97.3 Å². The number of hydrogen-bond donors (Lipinski definition) is 4. The second-order valence-corrected chi connectivity index (χ2v) is 11.1. The molecule has 4 N–H and O–H groups in total. The van der Waals surface area contributed by atoms with Gasteiger partial charge in [0.15, 0.2) is 4.67 Å². The molecule has 3 aromatic rings. The molecule has 9 heteroatoms. The van der Waals surface area contributed by atoms with Crippen LogP contribution in [0.1, 0.15) is 31.9 Å². The monoisotopic (exact) mass is 601 g/mol. The first-order valence-corrected chi connectivity index (χ1v) is 13.2. The Morgan fingerprint density at radius 3 is 2.36 bits per heavy atom. The number of aliphatic hydroxyl groups is 4. The van der Waals surface area contributed by atoms with Gasteiger partial charge >= 0.3 is 0 Å². The predicted octanol–water partition coefficient (Wildman–Crippen LogP) is 5.05. The van der Waals surface area contributed by atoms with Gasteiger partial charge in [-0.1, -0.05) is 53.2 Å². The highest BCUT2D eigenvalue weighted by atomic mass is 79.9. The maximum Gasteiger partial charge on any atom is 0.264 e. The lowest BCUT2D eigenvalue weighted by Gasteiger charge is -2.42. The molecule has 2 aromatic carbocycles. The molecule has 2 unspecified atom stereocenters. The number of alkyl halides is 1. The molecular weight excluding hydrogens is 574 g/mol. The number of nitrogens with zero attached hydrogens (tertiary/aromatic N) is 1. The summed E-state index contributed by atoms with van der Waals surface area (Å²) in [7, 11) is 0. The van der Waals surface area contributed by atoms with Gasteiger partial charge in [-0.2, -0.15) is 4.31 Å². The second-order valence-electron chi connectivity index (χ2n) is 8.73. The third-order valence-electron chi connectivity index (χ3n) is 5.64. The molecule has 0 amide bonds. The number of benzene rings is 2.